The van der Waals surface area contributed by atoms with E-state index < -0.39 is 23.3 Å². The highest BCUT2D eigenvalue weighted by Gasteiger charge is 2.39. The van der Waals surface area contributed by atoms with E-state index in [0.29, 0.717) is 30.3 Å². The third kappa shape index (κ3) is 5.83. The Bertz CT molecular complexity index is 1240. The van der Waals surface area contributed by atoms with Gasteiger partial charge in [0.1, 0.15) is 0 Å². The molecule has 37 heavy (non-hydrogen) atoms. The molecule has 2 N–H and O–H groups in total. The normalized spacial score (nSPS) is 20.0. The van der Waals surface area contributed by atoms with E-state index in [1.807, 2.05) is 0 Å². The lowest BCUT2D eigenvalue weighted by molar-refractivity contribution is -0.141. The maximum atomic E-state index is 13.5. The van der Waals surface area contributed by atoms with Crippen LogP contribution >= 0.6 is 0 Å². The number of alkyl halides is 3. The summed E-state index contributed by atoms with van der Waals surface area (Å²) in [4.78, 5) is 29.6. The molecule has 1 aromatic carbocycles. The van der Waals surface area contributed by atoms with Crippen LogP contribution in [0.5, 0.6) is 0 Å². The largest absolute Gasteiger partial charge is 0.435 e. The summed E-state index contributed by atoms with van der Waals surface area (Å²) in [5.41, 5.74) is -1.44. The Morgan fingerprint density at radius 1 is 0.973 bits per heavy atom. The van der Waals surface area contributed by atoms with Gasteiger partial charge in [-0.1, -0.05) is 23.4 Å². The summed E-state index contributed by atoms with van der Waals surface area (Å²) in [5, 5.41) is 12.9. The topological polar surface area (TPSA) is 115 Å². The Hall–Kier alpha value is -3.70. The van der Waals surface area contributed by atoms with Crippen molar-refractivity contribution in [3.8, 4) is 5.69 Å². The Kier molecular flexibility index (Phi) is 6.98. The van der Waals surface area contributed by atoms with E-state index >= 15 is 0 Å². The minimum atomic E-state index is -4.79. The SMILES string of the molecule is O=C(NCCNC(=O)[C@H]1CC[C@H](c2nc(C3CC3)no2)CC1)c1cn(-c2ccccc2)nc1C(F)(F)F. The Balaban J connectivity index is 1.09. The van der Waals surface area contributed by atoms with Crippen molar-refractivity contribution in [2.45, 2.75) is 56.5 Å². The predicted octanol–water partition coefficient (Wildman–Crippen LogP) is 3.97. The first kappa shape index (κ1) is 25.0. The van der Waals surface area contributed by atoms with Crippen molar-refractivity contribution < 1.29 is 27.3 Å². The second kappa shape index (κ2) is 10.3. The Morgan fingerprint density at radius 3 is 2.32 bits per heavy atom. The zero-order chi connectivity index (χ0) is 26.0. The fourth-order valence-electron chi connectivity index (χ4n) is 4.59. The molecule has 196 valence electrons. The van der Waals surface area contributed by atoms with Crippen LogP contribution in [0.2, 0.25) is 0 Å². The van der Waals surface area contributed by atoms with Crippen LogP contribution in [0.3, 0.4) is 0 Å². The van der Waals surface area contributed by atoms with Gasteiger partial charge in [0.15, 0.2) is 11.5 Å². The van der Waals surface area contributed by atoms with E-state index in [-0.39, 0.29) is 30.8 Å². The third-order valence-electron chi connectivity index (χ3n) is 6.81. The number of nitrogens with zero attached hydrogens (tertiary/aromatic N) is 4. The van der Waals surface area contributed by atoms with E-state index in [9.17, 15) is 22.8 Å². The average molecular weight is 517 g/mol. The van der Waals surface area contributed by atoms with Crippen LogP contribution in [0.1, 0.15) is 78.1 Å². The summed E-state index contributed by atoms with van der Waals surface area (Å²) in [6.07, 6.45) is 1.37. The summed E-state index contributed by atoms with van der Waals surface area (Å²) in [6.45, 7) is 0.0900. The highest BCUT2D eigenvalue weighted by molar-refractivity contribution is 5.95. The van der Waals surface area contributed by atoms with Crippen molar-refractivity contribution in [1.82, 2.24) is 30.6 Å². The standard InChI is InChI=1S/C25H27F3N6O3/c26-25(27,28)20-19(14-34(32-20)18-4-2-1-3-5-18)23(36)30-13-12-29-22(35)16-8-10-17(11-9-16)24-31-21(33-37-24)15-6-7-15/h1-5,14-17H,6-13H2,(H,29,35)(H,30,36)/t16-,17-. The molecule has 5 rings (SSSR count). The number of carbonyl (C=O) groups is 2. The number of hydrogen-bond acceptors (Lipinski definition) is 6. The number of carbonyl (C=O) groups excluding carboxylic acids is 2. The van der Waals surface area contributed by atoms with Crippen LogP contribution in [0, 0.1) is 5.92 Å². The molecule has 2 amide bonds. The molecular weight excluding hydrogens is 489 g/mol. The van der Waals surface area contributed by atoms with Gasteiger partial charge in [-0.3, -0.25) is 9.59 Å². The molecule has 9 nitrogen and oxygen atoms in total. The predicted molar refractivity (Wildman–Crippen MR) is 125 cm³/mol. The summed E-state index contributed by atoms with van der Waals surface area (Å²) >= 11 is 0. The molecule has 2 saturated carbocycles. The molecule has 2 heterocycles. The number of aromatic nitrogens is 4. The van der Waals surface area contributed by atoms with Crippen molar-refractivity contribution in [2.75, 3.05) is 13.1 Å². The number of hydrogen-bond donors (Lipinski definition) is 2. The zero-order valence-corrected chi connectivity index (χ0v) is 20.0. The van der Waals surface area contributed by atoms with Gasteiger partial charge in [-0.25, -0.2) is 4.68 Å². The molecule has 0 bridgehead atoms. The number of para-hydroxylation sites is 1. The van der Waals surface area contributed by atoms with Gasteiger partial charge in [-0.05, 0) is 50.7 Å². The molecule has 2 aromatic heterocycles. The minimum absolute atomic E-state index is 0.0142. The van der Waals surface area contributed by atoms with E-state index in [1.165, 1.54) is 0 Å². The van der Waals surface area contributed by atoms with E-state index in [1.54, 1.807) is 30.3 Å². The Morgan fingerprint density at radius 2 is 1.65 bits per heavy atom. The first-order valence-electron chi connectivity index (χ1n) is 12.4. The molecule has 0 spiro atoms. The quantitative estimate of drug-likeness (QED) is 0.438. The van der Waals surface area contributed by atoms with Crippen molar-refractivity contribution in [3.05, 3.63) is 59.5 Å². The molecular formula is C25H27F3N6O3. The molecule has 2 fully saturated rings. The van der Waals surface area contributed by atoms with Crippen molar-refractivity contribution >= 4 is 11.8 Å². The molecule has 2 aliphatic rings. The maximum absolute atomic E-state index is 13.5. The second-order valence-electron chi connectivity index (χ2n) is 9.53. The second-order valence-corrected chi connectivity index (χ2v) is 9.53. The summed E-state index contributed by atoms with van der Waals surface area (Å²) in [5.74, 6) is 0.810. The van der Waals surface area contributed by atoms with E-state index in [0.717, 1.165) is 42.4 Å². The van der Waals surface area contributed by atoms with Crippen molar-refractivity contribution in [1.29, 1.82) is 0 Å². The van der Waals surface area contributed by atoms with Crippen LogP contribution in [0.4, 0.5) is 13.2 Å². The van der Waals surface area contributed by atoms with Crippen LogP contribution < -0.4 is 10.6 Å². The summed E-state index contributed by atoms with van der Waals surface area (Å²) < 4.78 is 46.9. The van der Waals surface area contributed by atoms with Gasteiger partial charge in [-0.2, -0.15) is 23.3 Å². The smallest absolute Gasteiger partial charge is 0.354 e. The zero-order valence-electron chi connectivity index (χ0n) is 20.0. The summed E-state index contributed by atoms with van der Waals surface area (Å²) in [6, 6.07) is 8.23. The summed E-state index contributed by atoms with van der Waals surface area (Å²) in [7, 11) is 0. The monoisotopic (exact) mass is 516 g/mol. The molecule has 3 aromatic rings. The molecule has 12 heteroatoms. The Labute approximate surface area is 210 Å². The van der Waals surface area contributed by atoms with Gasteiger partial charge in [0, 0.05) is 37.0 Å². The van der Waals surface area contributed by atoms with E-state index in [4.69, 9.17) is 4.52 Å². The lowest BCUT2D eigenvalue weighted by atomic mass is 9.81. The van der Waals surface area contributed by atoms with Gasteiger partial charge in [0.2, 0.25) is 11.8 Å². The number of benzene rings is 1. The van der Waals surface area contributed by atoms with Crippen molar-refractivity contribution in [2.24, 2.45) is 5.92 Å². The number of halogens is 3. The first-order valence-corrected chi connectivity index (χ1v) is 12.4. The van der Waals surface area contributed by atoms with Gasteiger partial charge < -0.3 is 15.2 Å². The fourth-order valence-corrected chi connectivity index (χ4v) is 4.59. The average Bonchev–Trinajstić information content (AvgIpc) is 3.44. The number of rotatable bonds is 8. The lowest BCUT2D eigenvalue weighted by Gasteiger charge is -2.25. The minimum Gasteiger partial charge on any atom is -0.354 e. The lowest BCUT2D eigenvalue weighted by Crippen LogP contribution is -2.38. The molecule has 2 aliphatic carbocycles. The van der Waals surface area contributed by atoms with E-state index in [2.05, 4.69) is 25.9 Å². The molecule has 0 aliphatic heterocycles. The van der Waals surface area contributed by atoms with Gasteiger partial charge in [0.05, 0.1) is 11.3 Å². The van der Waals surface area contributed by atoms with Gasteiger partial charge >= 0.3 is 6.18 Å². The number of amides is 2. The molecule has 0 unspecified atom stereocenters. The number of nitrogens with one attached hydrogen (secondary N) is 2. The van der Waals surface area contributed by atoms with Gasteiger partial charge in [-0.15, -0.1) is 0 Å². The maximum Gasteiger partial charge on any atom is 0.435 e. The molecule has 0 atom stereocenters. The molecule has 0 saturated heterocycles. The van der Waals surface area contributed by atoms with Crippen LogP contribution in [-0.2, 0) is 11.0 Å². The fraction of sp³-hybridized carbons (Fsp3) is 0.480. The van der Waals surface area contributed by atoms with Crippen LogP contribution in [-0.4, -0.2) is 44.8 Å². The molecule has 0 radical (unpaired) electrons. The first-order chi connectivity index (χ1) is 17.8. The highest BCUT2D eigenvalue weighted by Crippen LogP contribution is 2.40. The third-order valence-corrected chi connectivity index (χ3v) is 6.81. The van der Waals surface area contributed by atoms with Crippen LogP contribution in [0.25, 0.3) is 5.69 Å². The van der Waals surface area contributed by atoms with Crippen LogP contribution in [0.15, 0.2) is 41.1 Å². The van der Waals surface area contributed by atoms with Gasteiger partial charge in [0.25, 0.3) is 5.91 Å². The van der Waals surface area contributed by atoms with Crippen molar-refractivity contribution in [3.63, 3.8) is 0 Å². The highest BCUT2D eigenvalue weighted by atomic mass is 19.4.